The average molecular weight is 594 g/mol. The smallest absolute Gasteiger partial charge is 0.303 e. The van der Waals surface area contributed by atoms with Crippen molar-refractivity contribution in [2.45, 2.75) is 110 Å². The Balaban J connectivity index is 2.41. The lowest BCUT2D eigenvalue weighted by Gasteiger charge is -2.48. The van der Waals surface area contributed by atoms with Gasteiger partial charge in [0.2, 0.25) is 0 Å². The maximum Gasteiger partial charge on any atom is 0.303 e. The van der Waals surface area contributed by atoms with E-state index in [2.05, 4.69) is 30.1 Å². The van der Waals surface area contributed by atoms with Crippen LogP contribution in [0.3, 0.4) is 0 Å². The molecule has 2 rings (SSSR count). The van der Waals surface area contributed by atoms with Crippen LogP contribution in [-0.2, 0) is 33.3 Å². The molecule has 1 N–H and O–H groups in total. The molecular formula is C25H39N9O8. The summed E-state index contributed by atoms with van der Waals surface area (Å²) >= 11 is 0. The van der Waals surface area contributed by atoms with Crippen molar-refractivity contribution in [2.75, 3.05) is 6.54 Å². The van der Waals surface area contributed by atoms with Gasteiger partial charge in [-0.3, -0.25) is 14.4 Å². The molecule has 1 saturated heterocycles. The SMILES string of the molecule is CC(=O)OC1[C@H](CC(=O)[C@H](CCN=[N+]=[N-])OC(C)=O)CC(N=[N+]=[N-])[C@@H](O[C@H]2OC(C(C)C)[C@@H](C)[C@H](C)C2N=[N+]=[N-])[C@@H]1O. The number of esters is 2. The van der Waals surface area contributed by atoms with Crippen LogP contribution in [0.25, 0.3) is 31.3 Å². The lowest BCUT2D eigenvalue weighted by atomic mass is 9.76. The molecule has 17 nitrogen and oxygen atoms in total. The van der Waals surface area contributed by atoms with Crippen molar-refractivity contribution in [3.63, 3.8) is 0 Å². The highest BCUT2D eigenvalue weighted by atomic mass is 16.7. The molecule has 0 aromatic carbocycles. The number of ether oxygens (including phenoxy) is 4. The molecule has 0 aromatic rings. The van der Waals surface area contributed by atoms with E-state index in [1.54, 1.807) is 0 Å². The van der Waals surface area contributed by atoms with Crippen molar-refractivity contribution in [1.29, 1.82) is 0 Å². The number of carbonyl (C=O) groups is 3. The summed E-state index contributed by atoms with van der Waals surface area (Å²) < 4.78 is 23.0. The molecule has 42 heavy (non-hydrogen) atoms. The van der Waals surface area contributed by atoms with Crippen LogP contribution in [0.4, 0.5) is 0 Å². The van der Waals surface area contributed by atoms with E-state index in [4.69, 9.17) is 24.5 Å². The predicted molar refractivity (Wildman–Crippen MR) is 146 cm³/mol. The summed E-state index contributed by atoms with van der Waals surface area (Å²) in [6.45, 7) is 10.0. The molecule has 1 heterocycles. The summed E-state index contributed by atoms with van der Waals surface area (Å²) in [5.74, 6) is -2.94. The molecule has 1 aliphatic carbocycles. The van der Waals surface area contributed by atoms with Gasteiger partial charge in [0.25, 0.3) is 0 Å². The third kappa shape index (κ3) is 8.96. The second-order valence-electron chi connectivity index (χ2n) is 11.1. The Morgan fingerprint density at radius 1 is 1.00 bits per heavy atom. The molecule has 1 aliphatic heterocycles. The van der Waals surface area contributed by atoms with E-state index in [1.807, 2.05) is 27.7 Å². The summed E-state index contributed by atoms with van der Waals surface area (Å²) in [4.78, 5) is 45.3. The second-order valence-corrected chi connectivity index (χ2v) is 11.1. The van der Waals surface area contributed by atoms with Crippen LogP contribution in [0, 0.1) is 23.7 Å². The average Bonchev–Trinajstić information content (AvgIpc) is 2.91. The van der Waals surface area contributed by atoms with Gasteiger partial charge in [-0.25, -0.2) is 0 Å². The Hall–Kier alpha value is -3.58. The molecule has 0 spiro atoms. The van der Waals surface area contributed by atoms with Gasteiger partial charge in [0.1, 0.15) is 12.2 Å². The van der Waals surface area contributed by atoms with Crippen LogP contribution in [0.1, 0.15) is 60.8 Å². The first-order valence-electron chi connectivity index (χ1n) is 13.8. The van der Waals surface area contributed by atoms with Crippen LogP contribution >= 0.6 is 0 Å². The molecule has 2 aliphatic rings. The molecule has 0 amide bonds. The summed E-state index contributed by atoms with van der Waals surface area (Å²) in [5.41, 5.74) is 27.1. The van der Waals surface area contributed by atoms with Gasteiger partial charge >= 0.3 is 11.9 Å². The van der Waals surface area contributed by atoms with Gasteiger partial charge in [-0.2, -0.15) is 0 Å². The van der Waals surface area contributed by atoms with Crippen LogP contribution in [-0.4, -0.2) is 78.3 Å². The number of aliphatic hydroxyl groups is 1. The van der Waals surface area contributed by atoms with E-state index in [0.717, 1.165) is 13.8 Å². The monoisotopic (exact) mass is 593 g/mol. The van der Waals surface area contributed by atoms with Crippen LogP contribution in [0.2, 0.25) is 0 Å². The van der Waals surface area contributed by atoms with E-state index < -0.39 is 66.4 Å². The number of rotatable bonds is 13. The van der Waals surface area contributed by atoms with Crippen molar-refractivity contribution in [3.8, 4) is 0 Å². The zero-order valence-corrected chi connectivity index (χ0v) is 24.6. The molecule has 0 aromatic heterocycles. The van der Waals surface area contributed by atoms with E-state index in [9.17, 15) is 30.6 Å². The number of aliphatic hydroxyl groups excluding tert-OH is 1. The molecule has 0 radical (unpaired) electrons. The fourth-order valence-corrected chi connectivity index (χ4v) is 5.74. The molecule has 17 heteroatoms. The Morgan fingerprint density at radius 3 is 2.21 bits per heavy atom. The van der Waals surface area contributed by atoms with Crippen LogP contribution < -0.4 is 0 Å². The Bertz CT molecular complexity index is 1120. The number of hydrogen-bond acceptors (Lipinski definition) is 11. The topological polar surface area (TPSA) is 255 Å². The van der Waals surface area contributed by atoms with E-state index >= 15 is 0 Å². The maximum absolute atomic E-state index is 13.2. The summed E-state index contributed by atoms with van der Waals surface area (Å²) in [6.07, 6.45) is -7.16. The zero-order valence-electron chi connectivity index (χ0n) is 24.6. The van der Waals surface area contributed by atoms with Crippen molar-refractivity contribution in [2.24, 2.45) is 39.0 Å². The van der Waals surface area contributed by atoms with Crippen LogP contribution in [0.15, 0.2) is 15.3 Å². The summed E-state index contributed by atoms with van der Waals surface area (Å²) in [5, 5.41) is 22.5. The van der Waals surface area contributed by atoms with Crippen LogP contribution in [0.5, 0.6) is 0 Å². The summed E-state index contributed by atoms with van der Waals surface area (Å²) in [6, 6.07) is -1.81. The first-order chi connectivity index (χ1) is 19.9. The fraction of sp³-hybridized carbons (Fsp3) is 0.880. The highest BCUT2D eigenvalue weighted by molar-refractivity contribution is 5.85. The number of azide groups is 3. The van der Waals surface area contributed by atoms with Crippen molar-refractivity contribution in [1.82, 2.24) is 0 Å². The van der Waals surface area contributed by atoms with Crippen molar-refractivity contribution in [3.05, 3.63) is 31.3 Å². The molecule has 1 saturated carbocycles. The first-order valence-corrected chi connectivity index (χ1v) is 13.8. The van der Waals surface area contributed by atoms with Crippen molar-refractivity contribution < 1.29 is 38.4 Å². The van der Waals surface area contributed by atoms with Gasteiger partial charge in [-0.1, -0.05) is 43.0 Å². The third-order valence-corrected chi connectivity index (χ3v) is 7.84. The lowest BCUT2D eigenvalue weighted by molar-refractivity contribution is -0.280. The largest absolute Gasteiger partial charge is 0.459 e. The first kappa shape index (κ1) is 34.6. The number of nitrogens with zero attached hydrogens (tertiary/aromatic N) is 9. The van der Waals surface area contributed by atoms with Gasteiger partial charge in [-0.05, 0) is 47.2 Å². The third-order valence-electron chi connectivity index (χ3n) is 7.84. The number of hydrogen-bond donors (Lipinski definition) is 1. The Morgan fingerprint density at radius 2 is 1.67 bits per heavy atom. The van der Waals surface area contributed by atoms with Gasteiger partial charge in [-0.15, -0.1) is 0 Å². The van der Waals surface area contributed by atoms with E-state index in [0.29, 0.717) is 0 Å². The normalized spacial score (nSPS) is 33.2. The minimum absolute atomic E-state index is 0.0118. The Labute approximate surface area is 243 Å². The predicted octanol–water partition coefficient (Wildman–Crippen LogP) is 4.29. The highest BCUT2D eigenvalue weighted by Gasteiger charge is 2.51. The van der Waals surface area contributed by atoms with E-state index in [-0.39, 0.29) is 49.7 Å². The van der Waals surface area contributed by atoms with Gasteiger partial charge in [0, 0.05) is 47.5 Å². The maximum atomic E-state index is 13.2. The lowest BCUT2D eigenvalue weighted by Crippen LogP contribution is -2.59. The molecule has 2 fully saturated rings. The quantitative estimate of drug-likeness (QED) is 0.139. The number of carbonyl (C=O) groups excluding carboxylic acids is 3. The molecule has 4 unspecified atom stereocenters. The Kier molecular flexibility index (Phi) is 13.3. The highest BCUT2D eigenvalue weighted by Crippen LogP contribution is 2.40. The molecule has 232 valence electrons. The van der Waals surface area contributed by atoms with Crippen molar-refractivity contribution >= 4 is 17.7 Å². The van der Waals surface area contributed by atoms with Gasteiger partial charge < -0.3 is 24.1 Å². The molecular weight excluding hydrogens is 554 g/mol. The van der Waals surface area contributed by atoms with Gasteiger partial charge in [0.15, 0.2) is 18.2 Å². The van der Waals surface area contributed by atoms with E-state index in [1.165, 1.54) is 0 Å². The molecule has 0 bridgehead atoms. The minimum atomic E-state index is -1.58. The fourth-order valence-electron chi connectivity index (χ4n) is 5.74. The minimum Gasteiger partial charge on any atom is -0.459 e. The number of ketones is 1. The molecule has 11 atom stereocenters. The van der Waals surface area contributed by atoms with Gasteiger partial charge in [0.05, 0.1) is 24.3 Å². The zero-order chi connectivity index (χ0) is 31.6. The second kappa shape index (κ2) is 16.2. The summed E-state index contributed by atoms with van der Waals surface area (Å²) in [7, 11) is 0. The number of Topliss-reactive ketones (excluding diaryl/α,β-unsaturated/α-hetero) is 1. The standard InChI is InChI=1S/C25H39N9O8/c1-11(2)22-13(4)12(3)20(31-34-28)25(41-22)42-24-17(30-33-27)9-16(23(21(24)38)40-15(6)36)10-18(37)19(39-14(5)35)7-8-29-32-26/h11-13,16-17,19-25,38H,7-10H2,1-6H3/t12-,13-,16-,17?,19-,20?,21+,22?,23?,24+,25+/m0/s1.